The maximum absolute atomic E-state index is 11.5. The number of aryl methyl sites for hydroxylation is 1. The van der Waals surface area contributed by atoms with Gasteiger partial charge in [0.2, 0.25) is 5.91 Å². The second-order valence-electron chi connectivity index (χ2n) is 4.37. The Balaban J connectivity index is 2.19. The average Bonchev–Trinajstić information content (AvgIpc) is 2.73. The van der Waals surface area contributed by atoms with Gasteiger partial charge < -0.3 is 11.1 Å². The summed E-state index contributed by atoms with van der Waals surface area (Å²) in [7, 11) is 0. The molecular formula is C13H22N2OS. The number of rotatable bonds is 7. The molecule has 4 heteroatoms. The van der Waals surface area contributed by atoms with E-state index >= 15 is 0 Å². The summed E-state index contributed by atoms with van der Waals surface area (Å²) in [6.45, 7) is 4.76. The Kier molecular flexibility index (Phi) is 6.22. The Morgan fingerprint density at radius 2 is 2.18 bits per heavy atom. The molecule has 0 aliphatic rings. The van der Waals surface area contributed by atoms with Gasteiger partial charge in [-0.3, -0.25) is 4.79 Å². The minimum Gasteiger partial charge on any atom is -0.351 e. The molecule has 1 atom stereocenters. The lowest BCUT2D eigenvalue weighted by atomic mass is 10.1. The highest BCUT2D eigenvalue weighted by Crippen LogP contribution is 2.16. The van der Waals surface area contributed by atoms with Crippen molar-refractivity contribution in [1.82, 2.24) is 5.32 Å². The molecule has 0 saturated heterocycles. The standard InChI is InChI=1S/C13H22N2OS/c1-3-11-7-8-12(17-11)9-15-13(16)6-4-5-10(2)14/h7-8,10H,3-6,9,14H2,1-2H3,(H,15,16). The van der Waals surface area contributed by atoms with E-state index in [9.17, 15) is 4.79 Å². The van der Waals surface area contributed by atoms with Gasteiger partial charge in [-0.2, -0.15) is 0 Å². The van der Waals surface area contributed by atoms with Gasteiger partial charge >= 0.3 is 0 Å². The number of nitrogens with two attached hydrogens (primary N) is 1. The molecule has 3 N–H and O–H groups in total. The second-order valence-corrected chi connectivity index (χ2v) is 5.62. The fraction of sp³-hybridized carbons (Fsp3) is 0.615. The number of hydrogen-bond acceptors (Lipinski definition) is 3. The van der Waals surface area contributed by atoms with E-state index in [4.69, 9.17) is 5.73 Å². The van der Waals surface area contributed by atoms with Crippen LogP contribution in [0.15, 0.2) is 12.1 Å². The lowest BCUT2D eigenvalue weighted by Crippen LogP contribution is -2.23. The van der Waals surface area contributed by atoms with Crippen molar-refractivity contribution in [3.8, 4) is 0 Å². The Hall–Kier alpha value is -0.870. The van der Waals surface area contributed by atoms with E-state index in [1.54, 1.807) is 11.3 Å². The van der Waals surface area contributed by atoms with Crippen LogP contribution in [0.4, 0.5) is 0 Å². The van der Waals surface area contributed by atoms with Crippen LogP contribution in [-0.2, 0) is 17.8 Å². The highest BCUT2D eigenvalue weighted by molar-refractivity contribution is 7.11. The quantitative estimate of drug-likeness (QED) is 0.785. The van der Waals surface area contributed by atoms with E-state index in [1.165, 1.54) is 9.75 Å². The van der Waals surface area contributed by atoms with E-state index in [2.05, 4.69) is 24.4 Å². The van der Waals surface area contributed by atoms with Crippen molar-refractivity contribution >= 4 is 17.2 Å². The maximum Gasteiger partial charge on any atom is 0.220 e. The molecule has 1 unspecified atom stereocenters. The van der Waals surface area contributed by atoms with Crippen LogP contribution in [0.25, 0.3) is 0 Å². The Morgan fingerprint density at radius 1 is 1.47 bits per heavy atom. The van der Waals surface area contributed by atoms with Crippen LogP contribution in [0.3, 0.4) is 0 Å². The molecule has 0 saturated carbocycles. The molecule has 0 spiro atoms. The largest absolute Gasteiger partial charge is 0.351 e. The minimum atomic E-state index is 0.122. The summed E-state index contributed by atoms with van der Waals surface area (Å²) in [5, 5.41) is 2.94. The normalized spacial score (nSPS) is 12.4. The SMILES string of the molecule is CCc1ccc(CNC(=O)CCCC(C)N)s1. The smallest absolute Gasteiger partial charge is 0.220 e. The van der Waals surface area contributed by atoms with Crippen LogP contribution >= 0.6 is 11.3 Å². The molecular weight excluding hydrogens is 232 g/mol. The van der Waals surface area contributed by atoms with Crippen molar-refractivity contribution in [2.75, 3.05) is 0 Å². The second kappa shape index (κ2) is 7.45. The minimum absolute atomic E-state index is 0.122. The monoisotopic (exact) mass is 254 g/mol. The number of hydrogen-bond donors (Lipinski definition) is 2. The predicted octanol–water partition coefficient (Wildman–Crippen LogP) is 2.44. The fourth-order valence-electron chi connectivity index (χ4n) is 1.57. The highest BCUT2D eigenvalue weighted by atomic mass is 32.1. The van der Waals surface area contributed by atoms with Crippen LogP contribution in [0.2, 0.25) is 0 Å². The van der Waals surface area contributed by atoms with Gasteiger partial charge in [0.1, 0.15) is 0 Å². The first-order valence-corrected chi connectivity index (χ1v) is 7.03. The molecule has 0 bridgehead atoms. The first-order valence-electron chi connectivity index (χ1n) is 6.21. The number of carbonyl (C=O) groups excluding carboxylic acids is 1. The molecule has 0 aromatic carbocycles. The van der Waals surface area contributed by atoms with E-state index in [0.29, 0.717) is 13.0 Å². The van der Waals surface area contributed by atoms with Gasteiger partial charge in [-0.05, 0) is 38.3 Å². The zero-order chi connectivity index (χ0) is 12.7. The van der Waals surface area contributed by atoms with Crippen LogP contribution < -0.4 is 11.1 Å². The average molecular weight is 254 g/mol. The van der Waals surface area contributed by atoms with Crippen molar-refractivity contribution in [1.29, 1.82) is 0 Å². The summed E-state index contributed by atoms with van der Waals surface area (Å²) in [6.07, 6.45) is 3.42. The molecule has 0 fully saturated rings. The van der Waals surface area contributed by atoms with Gasteiger partial charge in [-0.1, -0.05) is 6.92 Å². The summed E-state index contributed by atoms with van der Waals surface area (Å²) in [5.41, 5.74) is 5.63. The first-order chi connectivity index (χ1) is 8.11. The third-order valence-corrected chi connectivity index (χ3v) is 3.82. The third-order valence-electron chi connectivity index (χ3n) is 2.59. The fourth-order valence-corrected chi connectivity index (χ4v) is 2.46. The predicted molar refractivity (Wildman–Crippen MR) is 73.0 cm³/mol. The summed E-state index contributed by atoms with van der Waals surface area (Å²) < 4.78 is 0. The van der Waals surface area contributed by atoms with Crippen molar-refractivity contribution in [3.63, 3.8) is 0 Å². The highest BCUT2D eigenvalue weighted by Gasteiger charge is 2.04. The van der Waals surface area contributed by atoms with E-state index < -0.39 is 0 Å². The van der Waals surface area contributed by atoms with Crippen LogP contribution in [0.5, 0.6) is 0 Å². The molecule has 0 radical (unpaired) electrons. The molecule has 1 amide bonds. The van der Waals surface area contributed by atoms with Crippen LogP contribution in [0, 0.1) is 0 Å². The summed E-state index contributed by atoms with van der Waals surface area (Å²) in [5.74, 6) is 0.122. The van der Waals surface area contributed by atoms with Gasteiger partial charge in [-0.25, -0.2) is 0 Å². The topological polar surface area (TPSA) is 55.1 Å². The Labute approximate surface area is 107 Å². The van der Waals surface area contributed by atoms with Crippen molar-refractivity contribution in [2.24, 2.45) is 5.73 Å². The summed E-state index contributed by atoms with van der Waals surface area (Å²) >= 11 is 1.77. The van der Waals surface area contributed by atoms with Crippen molar-refractivity contribution in [3.05, 3.63) is 21.9 Å². The molecule has 3 nitrogen and oxygen atoms in total. The zero-order valence-corrected chi connectivity index (χ0v) is 11.5. The molecule has 1 aromatic heterocycles. The van der Waals surface area contributed by atoms with Gasteiger partial charge in [-0.15, -0.1) is 11.3 Å². The summed E-state index contributed by atoms with van der Waals surface area (Å²) in [4.78, 5) is 14.1. The molecule has 1 rings (SSSR count). The molecule has 1 aromatic rings. The van der Waals surface area contributed by atoms with E-state index in [1.807, 2.05) is 6.92 Å². The molecule has 17 heavy (non-hydrogen) atoms. The number of nitrogens with one attached hydrogen (secondary N) is 1. The lowest BCUT2D eigenvalue weighted by molar-refractivity contribution is -0.121. The maximum atomic E-state index is 11.5. The molecule has 1 heterocycles. The van der Waals surface area contributed by atoms with Gasteiger partial charge in [0, 0.05) is 22.2 Å². The zero-order valence-electron chi connectivity index (χ0n) is 10.7. The molecule has 0 aliphatic carbocycles. The van der Waals surface area contributed by atoms with Gasteiger partial charge in [0.05, 0.1) is 6.54 Å². The van der Waals surface area contributed by atoms with E-state index in [-0.39, 0.29) is 11.9 Å². The Morgan fingerprint density at radius 3 is 2.76 bits per heavy atom. The van der Waals surface area contributed by atoms with Crippen LogP contribution in [-0.4, -0.2) is 11.9 Å². The van der Waals surface area contributed by atoms with Gasteiger partial charge in [0.25, 0.3) is 0 Å². The van der Waals surface area contributed by atoms with E-state index in [0.717, 1.165) is 19.3 Å². The third kappa shape index (κ3) is 5.84. The number of thiophene rings is 1. The summed E-state index contributed by atoms with van der Waals surface area (Å²) in [6, 6.07) is 4.40. The number of amides is 1. The molecule has 96 valence electrons. The molecule has 0 aliphatic heterocycles. The number of carbonyl (C=O) groups is 1. The van der Waals surface area contributed by atoms with Gasteiger partial charge in [0.15, 0.2) is 0 Å². The van der Waals surface area contributed by atoms with Crippen molar-refractivity contribution < 1.29 is 4.79 Å². The van der Waals surface area contributed by atoms with Crippen molar-refractivity contribution in [2.45, 2.75) is 52.1 Å². The van der Waals surface area contributed by atoms with Crippen LogP contribution in [0.1, 0.15) is 42.9 Å². The lowest BCUT2D eigenvalue weighted by Gasteiger charge is -2.05. The first kappa shape index (κ1) is 14.2. The Bertz CT molecular complexity index is 347.